The zero-order valence-electron chi connectivity index (χ0n) is 12.5. The first-order chi connectivity index (χ1) is 9.81. The first-order valence-corrected chi connectivity index (χ1v) is 7.06. The van der Waals surface area contributed by atoms with Gasteiger partial charge in [0.15, 0.2) is 0 Å². The summed E-state index contributed by atoms with van der Waals surface area (Å²) in [5.74, 6) is 0. The summed E-state index contributed by atoms with van der Waals surface area (Å²) < 4.78 is 3.03. The highest BCUT2D eigenvalue weighted by molar-refractivity contribution is 5.75. The van der Waals surface area contributed by atoms with E-state index >= 15 is 0 Å². The Morgan fingerprint density at radius 2 is 2.05 bits per heavy atom. The molecule has 1 unspecified atom stereocenters. The fraction of sp³-hybridized carbons (Fsp3) is 0.533. The van der Waals surface area contributed by atoms with E-state index in [2.05, 4.69) is 25.8 Å². The van der Waals surface area contributed by atoms with Crippen molar-refractivity contribution in [3.8, 4) is 0 Å². The molecular weight excluding hydrogens is 270 g/mol. The Morgan fingerprint density at radius 3 is 2.67 bits per heavy atom. The average Bonchev–Trinajstić information content (AvgIpc) is 2.76. The topological polar surface area (TPSA) is 77.1 Å². The van der Waals surface area contributed by atoms with Crippen LogP contribution in [0.2, 0.25) is 0 Å². The predicted octanol–water partition coefficient (Wildman–Crippen LogP) is 0.694. The molecule has 0 amide bonds. The fourth-order valence-electron chi connectivity index (χ4n) is 3.01. The van der Waals surface area contributed by atoms with Gasteiger partial charge in [-0.2, -0.15) is 0 Å². The molecule has 21 heavy (non-hydrogen) atoms. The van der Waals surface area contributed by atoms with E-state index in [4.69, 9.17) is 0 Å². The van der Waals surface area contributed by atoms with Crippen molar-refractivity contribution in [1.29, 1.82) is 0 Å². The van der Waals surface area contributed by atoms with Crippen LogP contribution in [0.4, 0.5) is 0 Å². The molecule has 0 fully saturated rings. The largest absolute Gasteiger partial charge is 0.394 e. The summed E-state index contributed by atoms with van der Waals surface area (Å²) >= 11 is 0. The molecule has 3 heterocycles. The van der Waals surface area contributed by atoms with Gasteiger partial charge in [-0.15, -0.1) is 0 Å². The molecular formula is C15H19N3O3. The van der Waals surface area contributed by atoms with Crippen LogP contribution in [0.3, 0.4) is 0 Å². The van der Waals surface area contributed by atoms with E-state index in [9.17, 15) is 14.7 Å². The summed E-state index contributed by atoms with van der Waals surface area (Å²) in [4.78, 5) is 28.6. The van der Waals surface area contributed by atoms with E-state index in [1.165, 1.54) is 15.3 Å². The SMILES string of the molecule is CC(C)(C)Cc1cc(=O)n2c3c1ncc(=O)n3CC2CO. The van der Waals surface area contributed by atoms with Crippen LogP contribution >= 0.6 is 0 Å². The first kappa shape index (κ1) is 14.0. The fourth-order valence-corrected chi connectivity index (χ4v) is 3.01. The molecule has 6 heteroatoms. The van der Waals surface area contributed by atoms with Crippen molar-refractivity contribution in [2.75, 3.05) is 6.61 Å². The van der Waals surface area contributed by atoms with Crippen molar-refractivity contribution in [3.63, 3.8) is 0 Å². The predicted molar refractivity (Wildman–Crippen MR) is 79.5 cm³/mol. The van der Waals surface area contributed by atoms with E-state index < -0.39 is 0 Å². The summed E-state index contributed by atoms with van der Waals surface area (Å²) in [5, 5.41) is 9.47. The summed E-state index contributed by atoms with van der Waals surface area (Å²) in [7, 11) is 0. The molecule has 0 bridgehead atoms. The molecule has 1 N–H and O–H groups in total. The Kier molecular flexibility index (Phi) is 3.02. The van der Waals surface area contributed by atoms with Crippen molar-refractivity contribution in [1.82, 2.24) is 14.1 Å². The minimum Gasteiger partial charge on any atom is -0.394 e. The smallest absolute Gasteiger partial charge is 0.270 e. The highest BCUT2D eigenvalue weighted by Gasteiger charge is 2.28. The van der Waals surface area contributed by atoms with Crippen LogP contribution in [-0.4, -0.2) is 25.8 Å². The standard InChI is InChI=1S/C15H19N3O3/c1-15(2,3)5-9-4-11(20)18-10(8-19)7-17-12(21)6-16-13(9)14(17)18/h4,6,10,19H,5,7-8H2,1-3H3. The van der Waals surface area contributed by atoms with Gasteiger partial charge < -0.3 is 5.11 Å². The van der Waals surface area contributed by atoms with Gasteiger partial charge in [0.25, 0.3) is 11.1 Å². The first-order valence-electron chi connectivity index (χ1n) is 7.06. The third kappa shape index (κ3) is 2.19. The van der Waals surface area contributed by atoms with Gasteiger partial charge in [-0.05, 0) is 17.4 Å². The number of pyridine rings is 1. The monoisotopic (exact) mass is 289 g/mol. The second kappa shape index (κ2) is 4.53. The number of hydrogen-bond acceptors (Lipinski definition) is 4. The Bertz CT molecular complexity index is 827. The molecule has 112 valence electrons. The van der Waals surface area contributed by atoms with Gasteiger partial charge in [-0.3, -0.25) is 18.7 Å². The highest BCUT2D eigenvalue weighted by Crippen LogP contribution is 2.27. The molecule has 0 aromatic carbocycles. The van der Waals surface area contributed by atoms with Crippen LogP contribution < -0.4 is 11.1 Å². The maximum absolute atomic E-state index is 12.4. The van der Waals surface area contributed by atoms with E-state index in [1.54, 1.807) is 6.07 Å². The van der Waals surface area contributed by atoms with E-state index in [-0.39, 0.29) is 29.2 Å². The lowest BCUT2D eigenvalue weighted by molar-refractivity contribution is 0.225. The summed E-state index contributed by atoms with van der Waals surface area (Å²) in [5.41, 5.74) is 1.66. The van der Waals surface area contributed by atoms with Gasteiger partial charge in [0, 0.05) is 6.07 Å². The van der Waals surface area contributed by atoms with E-state index in [0.29, 0.717) is 24.1 Å². The van der Waals surface area contributed by atoms with Gasteiger partial charge in [-0.25, -0.2) is 4.98 Å². The van der Waals surface area contributed by atoms with Crippen molar-refractivity contribution >= 4 is 11.2 Å². The average molecular weight is 289 g/mol. The van der Waals surface area contributed by atoms with Crippen molar-refractivity contribution in [3.05, 3.63) is 38.5 Å². The van der Waals surface area contributed by atoms with Crippen LogP contribution in [0.1, 0.15) is 32.4 Å². The molecule has 2 aromatic heterocycles. The van der Waals surface area contributed by atoms with Gasteiger partial charge in [0.05, 0.1) is 25.4 Å². The van der Waals surface area contributed by atoms with Crippen LogP contribution in [0.15, 0.2) is 21.9 Å². The van der Waals surface area contributed by atoms with Gasteiger partial charge in [-0.1, -0.05) is 20.8 Å². The second-order valence-electron chi connectivity index (χ2n) is 6.83. The molecule has 0 saturated heterocycles. The maximum atomic E-state index is 12.4. The lowest BCUT2D eigenvalue weighted by Gasteiger charge is -2.19. The van der Waals surface area contributed by atoms with Crippen LogP contribution in [0, 0.1) is 5.41 Å². The minimum absolute atomic E-state index is 0.0125. The third-order valence-corrected chi connectivity index (χ3v) is 3.80. The Hall–Kier alpha value is -1.95. The Morgan fingerprint density at radius 1 is 1.33 bits per heavy atom. The molecule has 6 nitrogen and oxygen atoms in total. The number of aromatic nitrogens is 3. The van der Waals surface area contributed by atoms with Crippen molar-refractivity contribution < 1.29 is 5.11 Å². The Balaban J connectivity index is 2.37. The minimum atomic E-state index is -0.388. The Labute approximate surface area is 121 Å². The molecule has 0 spiro atoms. The van der Waals surface area contributed by atoms with E-state index in [0.717, 1.165) is 5.56 Å². The third-order valence-electron chi connectivity index (χ3n) is 3.80. The van der Waals surface area contributed by atoms with E-state index in [1.807, 2.05) is 0 Å². The molecule has 3 rings (SSSR count). The van der Waals surface area contributed by atoms with Crippen molar-refractivity contribution in [2.45, 2.75) is 39.8 Å². The molecule has 0 radical (unpaired) electrons. The lowest BCUT2D eigenvalue weighted by atomic mass is 9.88. The van der Waals surface area contributed by atoms with Gasteiger partial charge >= 0.3 is 0 Å². The summed E-state index contributed by atoms with van der Waals surface area (Å²) in [6.45, 7) is 6.43. The number of aliphatic hydroxyl groups is 1. The highest BCUT2D eigenvalue weighted by atomic mass is 16.3. The molecule has 0 saturated carbocycles. The zero-order chi connectivity index (χ0) is 15.4. The molecule has 1 aliphatic heterocycles. The van der Waals surface area contributed by atoms with Crippen LogP contribution in [-0.2, 0) is 13.0 Å². The zero-order valence-corrected chi connectivity index (χ0v) is 12.5. The number of rotatable bonds is 2. The molecule has 0 aliphatic carbocycles. The van der Waals surface area contributed by atoms with Crippen LogP contribution in [0.5, 0.6) is 0 Å². The summed E-state index contributed by atoms with van der Waals surface area (Å²) in [6, 6.07) is 1.20. The number of hydrogen-bond donors (Lipinski definition) is 1. The van der Waals surface area contributed by atoms with Crippen molar-refractivity contribution in [2.24, 2.45) is 5.41 Å². The second-order valence-corrected chi connectivity index (χ2v) is 6.83. The quantitative estimate of drug-likeness (QED) is 0.882. The maximum Gasteiger partial charge on any atom is 0.270 e. The molecule has 1 atom stereocenters. The summed E-state index contributed by atoms with van der Waals surface area (Å²) in [6.07, 6.45) is 2.00. The normalized spacial score (nSPS) is 17.6. The molecule has 1 aliphatic rings. The van der Waals surface area contributed by atoms with Gasteiger partial charge in [0.2, 0.25) is 0 Å². The number of aliphatic hydroxyl groups excluding tert-OH is 1. The molecule has 2 aromatic rings. The number of nitrogens with zero attached hydrogens (tertiary/aromatic N) is 3. The lowest BCUT2D eigenvalue weighted by Crippen LogP contribution is -2.25. The van der Waals surface area contributed by atoms with Crippen LogP contribution in [0.25, 0.3) is 11.2 Å². The van der Waals surface area contributed by atoms with Gasteiger partial charge in [0.1, 0.15) is 11.2 Å².